The van der Waals surface area contributed by atoms with Gasteiger partial charge in [-0.05, 0) is 24.6 Å². The number of nitrogens with one attached hydrogen (secondary N) is 2. The number of hydrogen-bond acceptors (Lipinski definition) is 1. The summed E-state index contributed by atoms with van der Waals surface area (Å²) >= 11 is 0. The minimum atomic E-state index is 0. The van der Waals surface area contributed by atoms with Gasteiger partial charge in [0.25, 0.3) is 0 Å². The lowest BCUT2D eigenvalue weighted by molar-refractivity contribution is 0.591. The van der Waals surface area contributed by atoms with Gasteiger partial charge in [0.05, 0.1) is 0 Å². The van der Waals surface area contributed by atoms with Crippen molar-refractivity contribution in [2.75, 3.05) is 6.54 Å². The molecule has 0 saturated heterocycles. The summed E-state index contributed by atoms with van der Waals surface area (Å²) in [6.45, 7) is 5.39. The van der Waals surface area contributed by atoms with Crippen LogP contribution < -0.4 is 5.32 Å². The van der Waals surface area contributed by atoms with Crippen LogP contribution in [0.25, 0.3) is 10.9 Å². The van der Waals surface area contributed by atoms with Gasteiger partial charge in [-0.15, -0.1) is 17.0 Å². The Labute approximate surface area is 107 Å². The predicted octanol–water partition coefficient (Wildman–Crippen LogP) is 3.29. The molecular formula is C13H19BrN2. The maximum atomic E-state index is 3.43. The van der Waals surface area contributed by atoms with Gasteiger partial charge in [0, 0.05) is 23.1 Å². The van der Waals surface area contributed by atoms with Gasteiger partial charge in [0.1, 0.15) is 0 Å². The van der Waals surface area contributed by atoms with Crippen molar-refractivity contribution in [3.05, 3.63) is 36.0 Å². The van der Waals surface area contributed by atoms with E-state index in [-0.39, 0.29) is 17.0 Å². The molecule has 2 nitrogen and oxygen atoms in total. The molecule has 88 valence electrons. The smallest absolute Gasteiger partial charge is 0.0456 e. The van der Waals surface area contributed by atoms with Crippen LogP contribution in [0.4, 0.5) is 0 Å². The number of halogens is 1. The Morgan fingerprint density at radius 2 is 2.00 bits per heavy atom. The lowest BCUT2D eigenvalue weighted by Crippen LogP contribution is -2.24. The Balaban J connectivity index is 0.00000128. The first-order chi connectivity index (χ1) is 7.27. The zero-order chi connectivity index (χ0) is 10.7. The number of aromatic nitrogens is 1. The number of para-hydroxylation sites is 1. The zero-order valence-corrected chi connectivity index (χ0v) is 11.5. The van der Waals surface area contributed by atoms with Crippen LogP contribution in [0.15, 0.2) is 30.5 Å². The Kier molecular flexibility index (Phi) is 5.03. The van der Waals surface area contributed by atoms with Crippen LogP contribution in [0.5, 0.6) is 0 Å². The van der Waals surface area contributed by atoms with E-state index in [4.69, 9.17) is 0 Å². The third-order valence-corrected chi connectivity index (χ3v) is 2.62. The summed E-state index contributed by atoms with van der Waals surface area (Å²) in [6.07, 6.45) is 3.20. The van der Waals surface area contributed by atoms with Crippen LogP contribution >= 0.6 is 17.0 Å². The summed E-state index contributed by atoms with van der Waals surface area (Å²) < 4.78 is 0. The van der Waals surface area contributed by atoms with Gasteiger partial charge >= 0.3 is 0 Å². The first kappa shape index (κ1) is 13.3. The largest absolute Gasteiger partial charge is 0.361 e. The first-order valence-electron chi connectivity index (χ1n) is 5.56. The summed E-state index contributed by atoms with van der Waals surface area (Å²) in [4.78, 5) is 3.30. The minimum absolute atomic E-state index is 0. The molecule has 0 radical (unpaired) electrons. The van der Waals surface area contributed by atoms with Gasteiger partial charge < -0.3 is 10.3 Å². The molecule has 2 N–H and O–H groups in total. The van der Waals surface area contributed by atoms with Crippen molar-refractivity contribution >= 4 is 27.9 Å². The molecule has 0 atom stereocenters. The highest BCUT2D eigenvalue weighted by Crippen LogP contribution is 2.17. The number of fused-ring (bicyclic) bond motifs is 1. The van der Waals surface area contributed by atoms with E-state index in [1.54, 1.807) is 0 Å². The molecule has 0 aliphatic rings. The average Bonchev–Trinajstić information content (AvgIpc) is 2.62. The fraction of sp³-hybridized carbons (Fsp3) is 0.385. The summed E-state index contributed by atoms with van der Waals surface area (Å²) in [5.41, 5.74) is 2.63. The second-order valence-corrected chi connectivity index (χ2v) is 4.22. The van der Waals surface area contributed by atoms with Crippen LogP contribution in [0, 0.1) is 0 Å². The van der Waals surface area contributed by atoms with Gasteiger partial charge in [-0.1, -0.05) is 32.0 Å². The van der Waals surface area contributed by atoms with Crippen molar-refractivity contribution in [1.82, 2.24) is 10.3 Å². The van der Waals surface area contributed by atoms with Gasteiger partial charge in [-0.2, -0.15) is 0 Å². The van der Waals surface area contributed by atoms with E-state index >= 15 is 0 Å². The van der Waals surface area contributed by atoms with E-state index < -0.39 is 0 Å². The Morgan fingerprint density at radius 1 is 1.25 bits per heavy atom. The number of hydrogen-bond donors (Lipinski definition) is 2. The second kappa shape index (κ2) is 6.06. The molecule has 1 aromatic heterocycles. The molecule has 0 bridgehead atoms. The first-order valence-corrected chi connectivity index (χ1v) is 5.56. The normalized spacial score (nSPS) is 10.7. The van der Waals surface area contributed by atoms with Crippen molar-refractivity contribution < 1.29 is 0 Å². The van der Waals surface area contributed by atoms with Gasteiger partial charge in [-0.3, -0.25) is 0 Å². The van der Waals surface area contributed by atoms with Crippen molar-refractivity contribution in [2.24, 2.45) is 0 Å². The molecule has 0 spiro atoms. The summed E-state index contributed by atoms with van der Waals surface area (Å²) in [7, 11) is 0. The highest BCUT2D eigenvalue weighted by Gasteiger charge is 2.02. The number of H-pyrrole nitrogens is 1. The number of aromatic amines is 1. The molecular weight excluding hydrogens is 264 g/mol. The molecule has 3 heteroatoms. The number of rotatable bonds is 4. The van der Waals surface area contributed by atoms with Crippen LogP contribution in [-0.4, -0.2) is 17.6 Å². The Morgan fingerprint density at radius 3 is 2.75 bits per heavy atom. The molecule has 0 aliphatic carbocycles. The van der Waals surface area contributed by atoms with Crippen molar-refractivity contribution in [3.8, 4) is 0 Å². The van der Waals surface area contributed by atoms with Crippen LogP contribution in [0.3, 0.4) is 0 Å². The lowest BCUT2D eigenvalue weighted by atomic mass is 10.1. The zero-order valence-electron chi connectivity index (χ0n) is 9.79. The maximum Gasteiger partial charge on any atom is 0.0456 e. The van der Waals surface area contributed by atoms with Crippen LogP contribution in [0.2, 0.25) is 0 Å². The molecule has 2 rings (SSSR count). The van der Waals surface area contributed by atoms with E-state index in [9.17, 15) is 0 Å². The van der Waals surface area contributed by atoms with E-state index in [1.165, 1.54) is 16.5 Å². The molecule has 1 heterocycles. The second-order valence-electron chi connectivity index (χ2n) is 4.22. The molecule has 0 fully saturated rings. The molecule has 0 saturated carbocycles. The van der Waals surface area contributed by atoms with Crippen LogP contribution in [-0.2, 0) is 6.42 Å². The quantitative estimate of drug-likeness (QED) is 0.885. The van der Waals surface area contributed by atoms with E-state index in [0.29, 0.717) is 6.04 Å². The fourth-order valence-corrected chi connectivity index (χ4v) is 1.83. The molecule has 16 heavy (non-hydrogen) atoms. The topological polar surface area (TPSA) is 27.8 Å². The third kappa shape index (κ3) is 3.09. The van der Waals surface area contributed by atoms with Gasteiger partial charge in [0.15, 0.2) is 0 Å². The Hall–Kier alpha value is -0.800. The molecule has 0 aliphatic heterocycles. The average molecular weight is 283 g/mol. The highest BCUT2D eigenvalue weighted by atomic mass is 79.9. The van der Waals surface area contributed by atoms with E-state index in [2.05, 4.69) is 54.6 Å². The predicted molar refractivity (Wildman–Crippen MR) is 75.5 cm³/mol. The number of benzene rings is 1. The van der Waals surface area contributed by atoms with E-state index in [0.717, 1.165) is 13.0 Å². The van der Waals surface area contributed by atoms with Gasteiger partial charge in [0.2, 0.25) is 0 Å². The highest BCUT2D eigenvalue weighted by molar-refractivity contribution is 8.93. The molecule has 0 amide bonds. The minimum Gasteiger partial charge on any atom is -0.361 e. The molecule has 1 aromatic carbocycles. The van der Waals surface area contributed by atoms with Crippen LogP contribution in [0.1, 0.15) is 19.4 Å². The lowest BCUT2D eigenvalue weighted by Gasteiger charge is -2.06. The van der Waals surface area contributed by atoms with Crippen molar-refractivity contribution in [3.63, 3.8) is 0 Å². The van der Waals surface area contributed by atoms with Gasteiger partial charge in [-0.25, -0.2) is 0 Å². The fourth-order valence-electron chi connectivity index (χ4n) is 1.83. The maximum absolute atomic E-state index is 3.43. The SMILES string of the molecule is Br.CC(C)NCCc1c[nH]c2ccccc12. The van der Waals surface area contributed by atoms with Crippen molar-refractivity contribution in [1.29, 1.82) is 0 Å². The third-order valence-electron chi connectivity index (χ3n) is 2.62. The summed E-state index contributed by atoms with van der Waals surface area (Å²) in [5.74, 6) is 0. The Bertz CT molecular complexity index is 434. The van der Waals surface area contributed by atoms with Crippen molar-refractivity contribution in [2.45, 2.75) is 26.3 Å². The molecule has 0 unspecified atom stereocenters. The monoisotopic (exact) mass is 282 g/mol. The van der Waals surface area contributed by atoms with E-state index in [1.807, 2.05) is 0 Å². The standard InChI is InChI=1S/C13H18N2.BrH/c1-10(2)14-8-7-11-9-15-13-6-4-3-5-12(11)13;/h3-6,9-10,14-15H,7-8H2,1-2H3;1H. The molecule has 2 aromatic rings. The summed E-state index contributed by atoms with van der Waals surface area (Å²) in [6, 6.07) is 9.02. The summed E-state index contributed by atoms with van der Waals surface area (Å²) in [5, 5.41) is 4.78.